The summed E-state index contributed by atoms with van der Waals surface area (Å²) in [5.74, 6) is 1.93. The van der Waals surface area contributed by atoms with Crippen molar-refractivity contribution in [1.82, 2.24) is 19.5 Å². The first-order valence-corrected chi connectivity index (χ1v) is 21.6. The molecule has 60 heavy (non-hydrogen) atoms. The third-order valence-corrected chi connectivity index (χ3v) is 12.9. The molecule has 0 aliphatic carbocycles. The van der Waals surface area contributed by atoms with Crippen molar-refractivity contribution in [2.45, 2.75) is 26.2 Å². The van der Waals surface area contributed by atoms with Gasteiger partial charge in [-0.2, -0.15) is 0 Å². The van der Waals surface area contributed by atoms with Crippen LogP contribution in [0.15, 0.2) is 188 Å². The number of nitrogens with zero attached hydrogens (tertiary/aromatic N) is 4. The van der Waals surface area contributed by atoms with Gasteiger partial charge >= 0.3 is 0 Å². The van der Waals surface area contributed by atoms with Gasteiger partial charge in [0.25, 0.3) is 0 Å². The molecule has 0 atom stereocenters. The molecule has 0 radical (unpaired) electrons. The monoisotopic (exact) mass is 788 g/mol. The summed E-state index contributed by atoms with van der Waals surface area (Å²) in [5, 5.41) is 5.17. The normalized spacial score (nSPS) is 11.6. The zero-order valence-corrected chi connectivity index (χ0v) is 34.0. The van der Waals surface area contributed by atoms with E-state index in [1.165, 1.54) is 71.5 Å². The van der Waals surface area contributed by atoms with Crippen molar-refractivity contribution in [1.29, 1.82) is 0 Å². The van der Waals surface area contributed by atoms with Gasteiger partial charge in [0.05, 0.1) is 11.0 Å². The maximum atomic E-state index is 5.10. The van der Waals surface area contributed by atoms with Crippen LogP contribution in [-0.4, -0.2) is 19.5 Å². The van der Waals surface area contributed by atoms with Crippen LogP contribution in [0.5, 0.6) is 0 Å². The predicted octanol–water partition coefficient (Wildman–Crippen LogP) is 15.0. The molecule has 11 rings (SSSR count). The molecule has 3 aromatic heterocycles. The molecule has 0 bridgehead atoms. The number of aromatic nitrogens is 4. The van der Waals surface area contributed by atoms with Crippen molar-refractivity contribution in [3.05, 3.63) is 194 Å². The van der Waals surface area contributed by atoms with Crippen molar-refractivity contribution in [3.8, 4) is 62.1 Å². The summed E-state index contributed by atoms with van der Waals surface area (Å²) in [6.45, 7) is 2.26. The summed E-state index contributed by atoms with van der Waals surface area (Å²) in [5.41, 5.74) is 12.3. The van der Waals surface area contributed by atoms with Crippen LogP contribution in [0.4, 0.5) is 0 Å². The third-order valence-electron chi connectivity index (χ3n) is 11.6. The van der Waals surface area contributed by atoms with Gasteiger partial charge in [-0.25, -0.2) is 15.0 Å². The molecule has 0 aliphatic heterocycles. The number of hydrogen-bond acceptors (Lipinski definition) is 4. The Labute approximate surface area is 353 Å². The first kappa shape index (κ1) is 35.9. The summed E-state index contributed by atoms with van der Waals surface area (Å²) in [6, 6.07) is 67.3. The Balaban J connectivity index is 1.05. The highest BCUT2D eigenvalue weighted by molar-refractivity contribution is 7.26. The lowest BCUT2D eigenvalue weighted by Crippen LogP contribution is -2.01. The van der Waals surface area contributed by atoms with Gasteiger partial charge in [-0.15, -0.1) is 11.3 Å². The van der Waals surface area contributed by atoms with Crippen LogP contribution >= 0.6 is 11.3 Å². The van der Waals surface area contributed by atoms with Crippen LogP contribution in [0.3, 0.4) is 0 Å². The van der Waals surface area contributed by atoms with E-state index in [2.05, 4.69) is 139 Å². The zero-order chi connectivity index (χ0) is 40.0. The predicted molar refractivity (Wildman–Crippen MR) is 253 cm³/mol. The Kier molecular flexibility index (Phi) is 9.09. The molecule has 0 saturated carbocycles. The van der Waals surface area contributed by atoms with E-state index in [4.69, 9.17) is 15.0 Å². The number of hydrogen-bond donors (Lipinski definition) is 0. The molecule has 3 heterocycles. The molecule has 8 aromatic carbocycles. The van der Waals surface area contributed by atoms with Gasteiger partial charge in [0.1, 0.15) is 0 Å². The van der Waals surface area contributed by atoms with Gasteiger partial charge in [-0.05, 0) is 77.1 Å². The average Bonchev–Trinajstić information content (AvgIpc) is 3.86. The molecular formula is C55H40N4S. The van der Waals surface area contributed by atoms with Crippen LogP contribution in [0.1, 0.15) is 25.3 Å². The number of rotatable bonds is 9. The van der Waals surface area contributed by atoms with E-state index < -0.39 is 0 Å². The van der Waals surface area contributed by atoms with Crippen LogP contribution in [-0.2, 0) is 6.42 Å². The lowest BCUT2D eigenvalue weighted by molar-refractivity contribution is 0.796. The number of benzene rings is 8. The Morgan fingerprint density at radius 2 is 1.05 bits per heavy atom. The summed E-state index contributed by atoms with van der Waals surface area (Å²) in [7, 11) is 0. The Bertz CT molecular complexity index is 3310. The minimum Gasteiger partial charge on any atom is -0.309 e. The maximum absolute atomic E-state index is 5.10. The van der Waals surface area contributed by atoms with Gasteiger partial charge in [0.15, 0.2) is 17.5 Å². The number of thiophene rings is 1. The molecule has 5 heteroatoms. The summed E-state index contributed by atoms with van der Waals surface area (Å²) in [6.07, 6.45) is 3.54. The fraction of sp³-hybridized carbons (Fsp3) is 0.0727. The minimum absolute atomic E-state index is 0.637. The van der Waals surface area contributed by atoms with Crippen molar-refractivity contribution < 1.29 is 0 Å². The van der Waals surface area contributed by atoms with Gasteiger partial charge in [-0.1, -0.05) is 165 Å². The molecule has 0 spiro atoms. The zero-order valence-electron chi connectivity index (χ0n) is 33.2. The largest absolute Gasteiger partial charge is 0.309 e. The van der Waals surface area contributed by atoms with Gasteiger partial charge in [0.2, 0.25) is 0 Å². The Morgan fingerprint density at radius 3 is 1.83 bits per heavy atom. The lowest BCUT2D eigenvalue weighted by atomic mass is 9.98. The van der Waals surface area contributed by atoms with Crippen molar-refractivity contribution in [2.75, 3.05) is 0 Å². The van der Waals surface area contributed by atoms with E-state index in [0.717, 1.165) is 39.9 Å². The number of unbranched alkanes of at least 4 members (excludes halogenated alkanes) is 1. The van der Waals surface area contributed by atoms with Crippen molar-refractivity contribution in [3.63, 3.8) is 0 Å². The molecule has 4 nitrogen and oxygen atoms in total. The second-order valence-electron chi connectivity index (χ2n) is 15.4. The second kappa shape index (κ2) is 15.2. The molecule has 0 saturated heterocycles. The third kappa shape index (κ3) is 6.35. The quantitative estimate of drug-likeness (QED) is 0.146. The lowest BCUT2D eigenvalue weighted by Gasteiger charge is -2.14. The summed E-state index contributed by atoms with van der Waals surface area (Å²) < 4.78 is 5.11. The van der Waals surface area contributed by atoms with E-state index in [-0.39, 0.29) is 0 Å². The van der Waals surface area contributed by atoms with Crippen molar-refractivity contribution in [2.24, 2.45) is 0 Å². The van der Waals surface area contributed by atoms with Crippen LogP contribution in [0, 0.1) is 0 Å². The second-order valence-corrected chi connectivity index (χ2v) is 16.5. The van der Waals surface area contributed by atoms with E-state index in [0.29, 0.717) is 17.5 Å². The van der Waals surface area contributed by atoms with E-state index in [1.807, 2.05) is 72.0 Å². The van der Waals surface area contributed by atoms with E-state index in [9.17, 15) is 0 Å². The maximum Gasteiger partial charge on any atom is 0.164 e. The van der Waals surface area contributed by atoms with Crippen LogP contribution < -0.4 is 0 Å². The molecule has 0 aliphatic rings. The van der Waals surface area contributed by atoms with Crippen molar-refractivity contribution >= 4 is 53.3 Å². The molecular weight excluding hydrogens is 749 g/mol. The Morgan fingerprint density at radius 1 is 0.433 bits per heavy atom. The minimum atomic E-state index is 0.637. The van der Waals surface area contributed by atoms with Crippen LogP contribution in [0.25, 0.3) is 104 Å². The smallest absolute Gasteiger partial charge is 0.164 e. The van der Waals surface area contributed by atoms with E-state index in [1.54, 1.807) is 0 Å². The summed E-state index contributed by atoms with van der Waals surface area (Å²) in [4.78, 5) is 15.2. The molecule has 0 unspecified atom stereocenters. The first-order valence-electron chi connectivity index (χ1n) is 20.7. The highest BCUT2D eigenvalue weighted by Crippen LogP contribution is 2.43. The Hall–Kier alpha value is -7.21. The van der Waals surface area contributed by atoms with Gasteiger partial charge in [0, 0.05) is 53.3 Å². The van der Waals surface area contributed by atoms with E-state index >= 15 is 0 Å². The topological polar surface area (TPSA) is 43.6 Å². The highest BCUT2D eigenvalue weighted by Gasteiger charge is 2.19. The molecule has 11 aromatic rings. The molecule has 286 valence electrons. The number of fused-ring (bicyclic) bond motifs is 6. The molecule has 0 fully saturated rings. The number of para-hydroxylation sites is 1. The van der Waals surface area contributed by atoms with Crippen LogP contribution in [0.2, 0.25) is 0 Å². The fourth-order valence-electron chi connectivity index (χ4n) is 8.70. The molecule has 0 amide bonds. The highest BCUT2D eigenvalue weighted by atomic mass is 32.1. The van der Waals surface area contributed by atoms with Gasteiger partial charge < -0.3 is 4.57 Å². The SMILES string of the molecule is CCCCc1ccc2sc3c(-c4ccc5c6ccccc6n(-c6cccc(-c7ccccc7-c7nc(-c8ccccc8)nc(-c8ccccc8)n7)c6)c5c4)cccc3c2c1. The summed E-state index contributed by atoms with van der Waals surface area (Å²) >= 11 is 1.90. The first-order chi connectivity index (χ1) is 29.7. The molecule has 0 N–H and O–H groups in total. The average molecular weight is 789 g/mol. The standard InChI is InChI=1S/C55H40N4S/c1-2-3-16-36-29-32-51-48(33-36)46-27-15-26-43(52(46)60-51)40-30-31-45-44-24-12-13-28-49(44)59(50(45)35-40)41-22-14-21-39(34-41)42-23-10-11-25-47(42)55-57-53(37-17-6-4-7-18-37)56-54(58-55)38-19-8-5-9-20-38/h4-15,17-35H,2-3,16H2,1H3. The van der Waals surface area contributed by atoms with Gasteiger partial charge in [-0.3, -0.25) is 0 Å². The fourth-order valence-corrected chi connectivity index (χ4v) is 9.92. The number of aryl methyl sites for hydroxylation is 1.